The van der Waals surface area contributed by atoms with Crippen LogP contribution >= 0.6 is 15.6 Å². The summed E-state index contributed by atoms with van der Waals surface area (Å²) in [7, 11) is -10.1. The molecule has 3 aromatic rings. The van der Waals surface area contributed by atoms with Crippen LogP contribution < -0.4 is 43.3 Å². The number of hydrogen-bond donors (Lipinski definition) is 8. The lowest BCUT2D eigenvalue weighted by Gasteiger charge is -2.33. The SMILES string of the molecule is CCCCCCCNC(=O)CCOCCOCCOCCOCCOc1ccc(C2=NNC(C)=C3CC(OC(=O)NCCOP(=O)(O)OC[C@H]4O[C@@H](n5cc(C)c(=O)[nH]c5=O)CC4OP(=O)(O)OC[C@H]4O[C@@H](n5cc(C)c(=O)[nH]c5=O)CC4O)CCCCC23)cc1. The van der Waals surface area contributed by atoms with E-state index in [-0.39, 0.29) is 42.3 Å². The number of hydrogen-bond acceptors (Lipinski definition) is 23. The fourth-order valence-corrected chi connectivity index (χ4v) is 12.2. The number of rotatable bonds is 38. The van der Waals surface area contributed by atoms with Gasteiger partial charge in [0.1, 0.15) is 49.2 Å². The molecule has 2 amide bonds. The molecule has 0 radical (unpaired) electrons. The zero-order valence-corrected chi connectivity index (χ0v) is 53.7. The summed E-state index contributed by atoms with van der Waals surface area (Å²) >= 11 is 0. The van der Waals surface area contributed by atoms with Gasteiger partial charge in [-0.3, -0.25) is 57.0 Å². The predicted octanol–water partition coefficient (Wildman–Crippen LogP) is 4.15. The zero-order valence-electron chi connectivity index (χ0n) is 51.9. The number of phosphoric acid groups is 2. The molecule has 33 heteroatoms. The molecule has 4 aliphatic rings. The summed E-state index contributed by atoms with van der Waals surface area (Å²) in [6.07, 6.45) is 2.45. The second-order valence-corrected chi connectivity index (χ2v) is 25.2. The highest BCUT2D eigenvalue weighted by Gasteiger charge is 2.45. The van der Waals surface area contributed by atoms with Crippen molar-refractivity contribution >= 4 is 33.4 Å². The molecule has 31 nitrogen and oxygen atoms in total. The maximum Gasteiger partial charge on any atom is 0.472 e. The van der Waals surface area contributed by atoms with Gasteiger partial charge < -0.3 is 63.4 Å². The largest absolute Gasteiger partial charge is 0.491 e. The lowest BCUT2D eigenvalue weighted by atomic mass is 9.79. The van der Waals surface area contributed by atoms with E-state index in [4.69, 9.17) is 61.1 Å². The number of nitrogens with zero attached hydrogens (tertiary/aromatic N) is 3. The molecule has 3 fully saturated rings. The molecule has 508 valence electrons. The van der Waals surface area contributed by atoms with Crippen LogP contribution in [0.15, 0.2) is 72.2 Å². The van der Waals surface area contributed by atoms with Gasteiger partial charge in [-0.15, -0.1) is 0 Å². The first-order valence-corrected chi connectivity index (χ1v) is 33.9. The monoisotopic (exact) mass is 1330 g/mol. The van der Waals surface area contributed by atoms with Crippen molar-refractivity contribution < 1.29 is 89.6 Å². The number of aliphatic hydroxyl groups is 1. The fourth-order valence-electron chi connectivity index (χ4n) is 10.5. The Morgan fingerprint density at radius 2 is 1.27 bits per heavy atom. The summed E-state index contributed by atoms with van der Waals surface area (Å²) in [5.41, 5.74) is 4.14. The van der Waals surface area contributed by atoms with Gasteiger partial charge in [0.05, 0.1) is 84.5 Å². The van der Waals surface area contributed by atoms with Gasteiger partial charge in [0.25, 0.3) is 11.1 Å². The van der Waals surface area contributed by atoms with E-state index in [1.807, 2.05) is 31.2 Å². The average Bonchev–Trinajstić information content (AvgIpc) is 1.83. The number of aryl methyl sites for hydroxylation is 2. The Kier molecular flexibility index (Phi) is 29.3. The number of allylic oxidation sites excluding steroid dienone is 1. The lowest BCUT2D eigenvalue weighted by molar-refractivity contribution is -0.122. The van der Waals surface area contributed by atoms with Gasteiger partial charge in [0.2, 0.25) is 5.91 Å². The number of aromatic amines is 2. The predicted molar refractivity (Wildman–Crippen MR) is 326 cm³/mol. The molecule has 2 aromatic heterocycles. The summed E-state index contributed by atoms with van der Waals surface area (Å²) in [4.78, 5) is 100. The number of aromatic nitrogens is 4. The molecule has 8 N–H and O–H groups in total. The maximum absolute atomic E-state index is 13.4. The van der Waals surface area contributed by atoms with E-state index in [0.29, 0.717) is 91.0 Å². The van der Waals surface area contributed by atoms with Crippen molar-refractivity contribution in [3.63, 3.8) is 0 Å². The molecular weight excluding hydrogens is 1240 g/mol. The molecule has 5 heterocycles. The van der Waals surface area contributed by atoms with Crippen LogP contribution in [0.3, 0.4) is 0 Å². The number of amides is 2. The molecule has 1 aromatic carbocycles. The van der Waals surface area contributed by atoms with Crippen molar-refractivity contribution in [2.75, 3.05) is 92.4 Å². The summed E-state index contributed by atoms with van der Waals surface area (Å²) in [5, 5.41) is 20.9. The Hall–Kier alpha value is -5.73. The molecule has 0 spiro atoms. The molecule has 10 atom stereocenters. The standard InChI is InChI=1S/C58H88N8O23P2/c1-5-6-7-8-11-19-59-50(68)18-21-78-23-24-79-25-26-80-27-28-81-29-30-82-42-16-14-41(15-17-42)53-44-13-10-9-12-43(31-45(44)40(4)63-64-53)86-58(73)60-20-22-83-90(74,75)84-37-49-47(33-52(88-49)66-35-39(3)55(70)62-57(66)72)89-91(76,77)85-36-48-46(67)32-51(87-48)65-34-38(2)54(69)61-56(65)71/h14-17,34-35,43-44,46-49,51-52,63,67H,5-13,18-33,36-37H2,1-4H3,(H,59,68)(H,60,73)(H,74,75)(H,76,77)(H,61,69,71)(H,62,70,72)/t43?,44?,46?,47?,48-,49-,51-,52-/m1/s1. The number of carbonyl (C=O) groups excluding carboxylic acids is 2. The van der Waals surface area contributed by atoms with E-state index in [2.05, 4.69) is 33.0 Å². The molecule has 3 aliphatic heterocycles. The molecule has 1 saturated carbocycles. The molecular formula is C58H88N8O23P2. The Morgan fingerprint density at radius 3 is 1.93 bits per heavy atom. The van der Waals surface area contributed by atoms with E-state index in [1.165, 1.54) is 45.5 Å². The summed E-state index contributed by atoms with van der Waals surface area (Å²) in [6, 6.07) is 7.66. The van der Waals surface area contributed by atoms with E-state index >= 15 is 0 Å². The number of fused-ring (bicyclic) bond motifs is 1. The quantitative estimate of drug-likeness (QED) is 0.0295. The molecule has 6 unspecified atom stereocenters. The van der Waals surface area contributed by atoms with Gasteiger partial charge in [0.15, 0.2) is 0 Å². The number of unbranched alkanes of at least 4 members (excludes halogenated alkanes) is 4. The Balaban J connectivity index is 0.782. The van der Waals surface area contributed by atoms with Crippen LogP contribution in [0.4, 0.5) is 4.79 Å². The van der Waals surface area contributed by atoms with Crippen LogP contribution in [0, 0.1) is 19.8 Å². The normalized spacial score (nSPS) is 23.0. The van der Waals surface area contributed by atoms with E-state index in [0.717, 1.165) is 63.8 Å². The zero-order chi connectivity index (χ0) is 65.3. The van der Waals surface area contributed by atoms with Crippen LogP contribution in [0.2, 0.25) is 0 Å². The van der Waals surface area contributed by atoms with Crippen molar-refractivity contribution in [2.24, 2.45) is 11.0 Å². The van der Waals surface area contributed by atoms with Crippen molar-refractivity contribution in [1.82, 2.24) is 35.2 Å². The van der Waals surface area contributed by atoms with E-state index < -0.39 is 107 Å². The summed E-state index contributed by atoms with van der Waals surface area (Å²) in [5.74, 6) is 0.624. The van der Waals surface area contributed by atoms with Crippen LogP contribution in [0.5, 0.6) is 5.75 Å². The third-order valence-corrected chi connectivity index (χ3v) is 17.4. The third-order valence-electron chi connectivity index (χ3n) is 15.4. The topological polar surface area (TPSA) is 398 Å². The molecule has 0 bridgehead atoms. The Labute approximate surface area is 526 Å². The minimum atomic E-state index is -5.11. The molecule has 7 rings (SSSR count). The third kappa shape index (κ3) is 23.7. The second kappa shape index (κ2) is 36.6. The number of aliphatic hydroxyl groups excluding tert-OH is 1. The average molecular weight is 1330 g/mol. The number of ether oxygens (including phenoxy) is 8. The number of alkyl carbamates (subject to hydrolysis) is 1. The lowest BCUT2D eigenvalue weighted by Crippen LogP contribution is -2.35. The minimum absolute atomic E-state index is 0.00655. The number of hydrazone groups is 1. The summed E-state index contributed by atoms with van der Waals surface area (Å²) in [6.45, 7) is 8.90. The number of benzene rings is 1. The van der Waals surface area contributed by atoms with Crippen molar-refractivity contribution in [3.8, 4) is 5.75 Å². The highest BCUT2D eigenvalue weighted by atomic mass is 31.2. The fraction of sp³-hybridized carbons (Fsp3) is 0.672. The van der Waals surface area contributed by atoms with Crippen molar-refractivity contribution in [3.05, 3.63) is 106 Å². The highest BCUT2D eigenvalue weighted by Crippen LogP contribution is 2.50. The van der Waals surface area contributed by atoms with E-state index in [1.54, 1.807) is 0 Å². The van der Waals surface area contributed by atoms with Crippen LogP contribution in [0.25, 0.3) is 0 Å². The van der Waals surface area contributed by atoms with Crippen LogP contribution in [0.1, 0.15) is 126 Å². The van der Waals surface area contributed by atoms with Crippen molar-refractivity contribution in [2.45, 2.75) is 154 Å². The van der Waals surface area contributed by atoms with E-state index in [9.17, 15) is 52.8 Å². The highest BCUT2D eigenvalue weighted by molar-refractivity contribution is 7.47. The second-order valence-electron chi connectivity index (χ2n) is 22.4. The Bertz CT molecular complexity index is 3230. The number of nitrogens with one attached hydrogen (secondary N) is 5. The first-order valence-electron chi connectivity index (χ1n) is 30.9. The first-order chi connectivity index (χ1) is 43.7. The molecule has 1 aliphatic carbocycles. The molecule has 91 heavy (non-hydrogen) atoms. The smallest absolute Gasteiger partial charge is 0.472 e. The number of phosphoric ester groups is 2. The van der Waals surface area contributed by atoms with Gasteiger partial charge >= 0.3 is 33.1 Å². The van der Waals surface area contributed by atoms with Crippen molar-refractivity contribution in [1.29, 1.82) is 0 Å². The summed E-state index contributed by atoms with van der Waals surface area (Å²) < 4.78 is 95.3. The molecule has 2 saturated heterocycles. The minimum Gasteiger partial charge on any atom is -0.491 e. The first kappa shape index (κ1) is 72.7. The Morgan fingerprint density at radius 1 is 0.692 bits per heavy atom. The van der Waals surface area contributed by atoms with Gasteiger partial charge in [-0.25, -0.2) is 23.5 Å². The van der Waals surface area contributed by atoms with Gasteiger partial charge in [-0.1, -0.05) is 39.0 Å². The van der Waals surface area contributed by atoms with Gasteiger partial charge in [0, 0.05) is 73.9 Å². The van der Waals surface area contributed by atoms with Crippen LogP contribution in [-0.4, -0.2) is 175 Å². The maximum atomic E-state index is 13.4. The van der Waals surface area contributed by atoms with Gasteiger partial charge in [-0.2, -0.15) is 5.10 Å². The number of carbonyl (C=O) groups is 2. The van der Waals surface area contributed by atoms with Gasteiger partial charge in [-0.05, 0) is 81.9 Å². The van der Waals surface area contributed by atoms with Crippen LogP contribution in [-0.2, 0) is 65.2 Å². The number of H-pyrrole nitrogens is 2.